The van der Waals surface area contributed by atoms with Gasteiger partial charge in [0, 0.05) is 19.0 Å². The molecule has 0 radical (unpaired) electrons. The maximum atomic E-state index is 11.9. The smallest absolute Gasteiger partial charge is 0.170 e. The Morgan fingerprint density at radius 2 is 2.15 bits per heavy atom. The molecule has 0 aromatic heterocycles. The molecule has 2 saturated heterocycles. The van der Waals surface area contributed by atoms with E-state index in [1.54, 1.807) is 0 Å². The molecule has 2 aliphatic heterocycles. The molecular weight excluding hydrogens is 166 g/mol. The van der Waals surface area contributed by atoms with Crippen LogP contribution in [-0.2, 0) is 9.53 Å². The normalized spacial score (nSPS) is 42.4. The van der Waals surface area contributed by atoms with Crippen LogP contribution >= 0.6 is 0 Å². The summed E-state index contributed by atoms with van der Waals surface area (Å²) >= 11 is 0. The van der Waals surface area contributed by atoms with Gasteiger partial charge in [0.2, 0.25) is 0 Å². The molecular formula is C10H15NO2. The Morgan fingerprint density at radius 1 is 1.46 bits per heavy atom. The number of hydrogen-bond acceptors (Lipinski definition) is 3. The van der Waals surface area contributed by atoms with Crippen LogP contribution in [0.1, 0.15) is 19.3 Å². The highest BCUT2D eigenvalue weighted by Gasteiger charge is 2.62. The van der Waals surface area contributed by atoms with E-state index in [0.717, 1.165) is 32.4 Å². The topological polar surface area (TPSA) is 29.5 Å². The number of piperidine rings is 1. The molecule has 72 valence electrons. The summed E-state index contributed by atoms with van der Waals surface area (Å²) < 4.78 is 5.85. The van der Waals surface area contributed by atoms with Crippen LogP contribution in [0, 0.1) is 5.92 Å². The Bertz CT molecular complexity index is 256. The van der Waals surface area contributed by atoms with Gasteiger partial charge in [0.1, 0.15) is 5.60 Å². The standard InChI is InChI=1S/C10H15NO2/c1-11-4-2-10(3-5-11)9(12)7-6-8(7)13-10/h7-8H,2-6H2,1H3. The molecule has 13 heavy (non-hydrogen) atoms. The van der Waals surface area contributed by atoms with Crippen molar-refractivity contribution in [2.75, 3.05) is 20.1 Å². The van der Waals surface area contributed by atoms with Gasteiger partial charge in [-0.3, -0.25) is 4.79 Å². The first-order chi connectivity index (χ1) is 6.21. The van der Waals surface area contributed by atoms with Crippen LogP contribution < -0.4 is 0 Å². The maximum Gasteiger partial charge on any atom is 0.170 e. The van der Waals surface area contributed by atoms with E-state index in [2.05, 4.69) is 11.9 Å². The predicted molar refractivity (Wildman–Crippen MR) is 47.4 cm³/mol. The lowest BCUT2D eigenvalue weighted by Crippen LogP contribution is -2.48. The number of rotatable bonds is 0. The van der Waals surface area contributed by atoms with E-state index in [9.17, 15) is 4.79 Å². The van der Waals surface area contributed by atoms with Gasteiger partial charge in [-0.15, -0.1) is 0 Å². The quantitative estimate of drug-likeness (QED) is 0.543. The Balaban J connectivity index is 1.79. The first kappa shape index (κ1) is 7.94. The van der Waals surface area contributed by atoms with Crippen molar-refractivity contribution in [2.24, 2.45) is 5.92 Å². The van der Waals surface area contributed by atoms with Gasteiger partial charge in [0.25, 0.3) is 0 Å². The highest BCUT2D eigenvalue weighted by Crippen LogP contribution is 2.51. The summed E-state index contributed by atoms with van der Waals surface area (Å²) in [7, 11) is 2.10. The molecule has 0 bridgehead atoms. The molecule has 3 aliphatic rings. The van der Waals surface area contributed by atoms with Crippen molar-refractivity contribution in [2.45, 2.75) is 31.0 Å². The highest BCUT2D eigenvalue weighted by atomic mass is 16.5. The SMILES string of the molecule is CN1CCC2(CC1)OC1CC1C2=O. The Morgan fingerprint density at radius 3 is 2.69 bits per heavy atom. The van der Waals surface area contributed by atoms with E-state index in [-0.39, 0.29) is 11.5 Å². The molecule has 2 unspecified atom stereocenters. The lowest BCUT2D eigenvalue weighted by Gasteiger charge is -2.36. The van der Waals surface area contributed by atoms with Crippen molar-refractivity contribution in [3.05, 3.63) is 0 Å². The third-order valence-corrected chi connectivity index (χ3v) is 3.69. The van der Waals surface area contributed by atoms with Gasteiger partial charge in [0.05, 0.1) is 6.10 Å². The van der Waals surface area contributed by atoms with Gasteiger partial charge in [-0.05, 0) is 26.3 Å². The van der Waals surface area contributed by atoms with Crippen LogP contribution in [0.3, 0.4) is 0 Å². The van der Waals surface area contributed by atoms with Crippen molar-refractivity contribution in [3.63, 3.8) is 0 Å². The average molecular weight is 181 g/mol. The molecule has 0 aromatic carbocycles. The largest absolute Gasteiger partial charge is 0.363 e. The molecule has 1 aliphatic carbocycles. The second-order valence-corrected chi connectivity index (χ2v) is 4.66. The number of hydrogen-bond donors (Lipinski definition) is 0. The Hall–Kier alpha value is -0.410. The first-order valence-corrected chi connectivity index (χ1v) is 5.12. The number of ether oxygens (including phenoxy) is 1. The first-order valence-electron chi connectivity index (χ1n) is 5.12. The minimum absolute atomic E-state index is 0.281. The molecule has 2 heterocycles. The maximum absolute atomic E-state index is 11.9. The lowest BCUT2D eigenvalue weighted by atomic mass is 9.86. The van der Waals surface area contributed by atoms with Crippen molar-refractivity contribution in [1.29, 1.82) is 0 Å². The van der Waals surface area contributed by atoms with Crippen LogP contribution in [-0.4, -0.2) is 42.5 Å². The molecule has 1 spiro atoms. The van der Waals surface area contributed by atoms with Crippen LogP contribution in [0.25, 0.3) is 0 Å². The van der Waals surface area contributed by atoms with Gasteiger partial charge in [0.15, 0.2) is 5.78 Å². The predicted octanol–water partition coefficient (Wildman–Crippen LogP) is 0.439. The van der Waals surface area contributed by atoms with Crippen molar-refractivity contribution < 1.29 is 9.53 Å². The van der Waals surface area contributed by atoms with Crippen molar-refractivity contribution in [1.82, 2.24) is 4.90 Å². The average Bonchev–Trinajstić information content (AvgIpc) is 2.82. The summed E-state index contributed by atoms with van der Waals surface area (Å²) in [5, 5.41) is 0. The molecule has 0 amide bonds. The number of carbonyl (C=O) groups is 1. The zero-order valence-corrected chi connectivity index (χ0v) is 7.95. The fraction of sp³-hybridized carbons (Fsp3) is 0.900. The second-order valence-electron chi connectivity index (χ2n) is 4.66. The number of nitrogens with zero attached hydrogens (tertiary/aromatic N) is 1. The fourth-order valence-electron chi connectivity index (χ4n) is 2.61. The minimum atomic E-state index is -0.347. The number of likely N-dealkylation sites (tertiary alicyclic amines) is 1. The van der Waals surface area contributed by atoms with Crippen molar-refractivity contribution in [3.8, 4) is 0 Å². The zero-order chi connectivity index (χ0) is 9.05. The molecule has 2 atom stereocenters. The minimum Gasteiger partial charge on any atom is -0.363 e. The molecule has 3 rings (SSSR count). The summed E-state index contributed by atoms with van der Waals surface area (Å²) in [4.78, 5) is 14.2. The molecule has 3 heteroatoms. The molecule has 0 aromatic rings. The van der Waals surface area contributed by atoms with Crippen LogP contribution in [0.2, 0.25) is 0 Å². The molecule has 0 N–H and O–H groups in total. The number of carbonyl (C=O) groups excluding carboxylic acids is 1. The van der Waals surface area contributed by atoms with E-state index in [4.69, 9.17) is 4.74 Å². The summed E-state index contributed by atoms with van der Waals surface area (Å²) in [5.41, 5.74) is -0.347. The van der Waals surface area contributed by atoms with Crippen molar-refractivity contribution >= 4 is 5.78 Å². The molecule has 1 saturated carbocycles. The summed E-state index contributed by atoms with van der Waals surface area (Å²) in [6.07, 6.45) is 3.12. The second kappa shape index (κ2) is 2.34. The zero-order valence-electron chi connectivity index (χ0n) is 7.95. The van der Waals surface area contributed by atoms with E-state index in [0.29, 0.717) is 11.9 Å². The third kappa shape index (κ3) is 1.00. The van der Waals surface area contributed by atoms with Gasteiger partial charge in [-0.1, -0.05) is 0 Å². The van der Waals surface area contributed by atoms with E-state index in [1.165, 1.54) is 0 Å². The molecule has 3 fully saturated rings. The van der Waals surface area contributed by atoms with Crippen LogP contribution in [0.4, 0.5) is 0 Å². The summed E-state index contributed by atoms with van der Waals surface area (Å²) in [6, 6.07) is 0. The summed E-state index contributed by atoms with van der Waals surface area (Å²) in [6.45, 7) is 2.01. The monoisotopic (exact) mass is 181 g/mol. The van der Waals surface area contributed by atoms with E-state index >= 15 is 0 Å². The van der Waals surface area contributed by atoms with E-state index < -0.39 is 0 Å². The molecule has 3 nitrogen and oxygen atoms in total. The number of ketones is 1. The number of fused-ring (bicyclic) bond motifs is 1. The van der Waals surface area contributed by atoms with Gasteiger partial charge in [-0.2, -0.15) is 0 Å². The van der Waals surface area contributed by atoms with Gasteiger partial charge >= 0.3 is 0 Å². The summed E-state index contributed by atoms with van der Waals surface area (Å²) in [5.74, 6) is 0.689. The van der Waals surface area contributed by atoms with E-state index in [1.807, 2.05) is 0 Å². The van der Waals surface area contributed by atoms with Crippen LogP contribution in [0.5, 0.6) is 0 Å². The lowest BCUT2D eigenvalue weighted by molar-refractivity contribution is -0.142. The third-order valence-electron chi connectivity index (χ3n) is 3.69. The van der Waals surface area contributed by atoms with Crippen LogP contribution in [0.15, 0.2) is 0 Å². The number of Topliss-reactive ketones (excluding diaryl/α,β-unsaturated/α-hetero) is 1. The Kier molecular flexibility index (Phi) is 1.43. The van der Waals surface area contributed by atoms with Gasteiger partial charge < -0.3 is 9.64 Å². The fourth-order valence-corrected chi connectivity index (χ4v) is 2.61. The Labute approximate surface area is 78.0 Å². The van der Waals surface area contributed by atoms with Gasteiger partial charge in [-0.25, -0.2) is 0 Å². The highest BCUT2D eigenvalue weighted by molar-refractivity contribution is 5.94.